The summed E-state index contributed by atoms with van der Waals surface area (Å²) < 4.78 is 1.90. The Morgan fingerprint density at radius 1 is 1.29 bits per heavy atom. The summed E-state index contributed by atoms with van der Waals surface area (Å²) in [7, 11) is 0. The Bertz CT molecular complexity index is 610. The van der Waals surface area contributed by atoms with Gasteiger partial charge in [-0.1, -0.05) is 31.4 Å². The normalized spacial score (nSPS) is 17.2. The van der Waals surface area contributed by atoms with Gasteiger partial charge in [-0.05, 0) is 53.3 Å². The molecule has 0 amide bonds. The van der Waals surface area contributed by atoms with E-state index in [1.807, 2.05) is 16.8 Å². The van der Waals surface area contributed by atoms with Gasteiger partial charge in [-0.3, -0.25) is 0 Å². The number of aromatic nitrogens is 4. The third-order valence-corrected chi connectivity index (χ3v) is 4.83. The molecule has 1 heterocycles. The molecule has 0 saturated heterocycles. The van der Waals surface area contributed by atoms with Crippen LogP contribution in [0.5, 0.6) is 0 Å². The second-order valence-electron chi connectivity index (χ2n) is 5.99. The summed E-state index contributed by atoms with van der Waals surface area (Å²) >= 11 is 6.09. The van der Waals surface area contributed by atoms with E-state index in [0.29, 0.717) is 16.1 Å². The largest absolute Gasteiger partial charge is 0.399 e. The number of rotatable bonds is 4. The Morgan fingerprint density at radius 2 is 2.05 bits per heavy atom. The Morgan fingerprint density at radius 3 is 2.71 bits per heavy atom. The van der Waals surface area contributed by atoms with Crippen molar-refractivity contribution in [1.29, 1.82) is 0 Å². The van der Waals surface area contributed by atoms with E-state index in [1.165, 1.54) is 25.7 Å². The molecule has 1 saturated carbocycles. The average Bonchev–Trinajstić information content (AvgIpc) is 3.08. The minimum atomic E-state index is 0.328. The van der Waals surface area contributed by atoms with Crippen LogP contribution < -0.4 is 5.73 Å². The second-order valence-corrected chi connectivity index (χ2v) is 6.43. The van der Waals surface area contributed by atoms with Crippen molar-refractivity contribution in [1.82, 2.24) is 20.2 Å². The fourth-order valence-corrected chi connectivity index (χ4v) is 3.57. The summed E-state index contributed by atoms with van der Waals surface area (Å²) in [6.45, 7) is 3.12. The predicted octanol–water partition coefficient (Wildman–Crippen LogP) is 3.55. The highest BCUT2D eigenvalue weighted by Crippen LogP contribution is 2.42. The topological polar surface area (TPSA) is 69.6 Å². The van der Waals surface area contributed by atoms with Gasteiger partial charge in [0.15, 0.2) is 5.82 Å². The number of halogens is 1. The molecule has 6 heteroatoms. The SMILES string of the molecule is CCC1(Cn2nnnc2-c2cc(N)cc(Cl)c2)CCCC1. The van der Waals surface area contributed by atoms with Crippen LogP contribution in [-0.4, -0.2) is 20.2 Å². The monoisotopic (exact) mass is 305 g/mol. The molecule has 0 spiro atoms. The Balaban J connectivity index is 1.93. The van der Waals surface area contributed by atoms with Crippen LogP contribution in [-0.2, 0) is 6.54 Å². The first-order chi connectivity index (χ1) is 10.1. The van der Waals surface area contributed by atoms with E-state index >= 15 is 0 Å². The van der Waals surface area contributed by atoms with Crippen molar-refractivity contribution in [3.63, 3.8) is 0 Å². The van der Waals surface area contributed by atoms with Crippen LogP contribution in [0, 0.1) is 5.41 Å². The second kappa shape index (κ2) is 5.64. The van der Waals surface area contributed by atoms with Crippen molar-refractivity contribution < 1.29 is 0 Å². The van der Waals surface area contributed by atoms with Crippen LogP contribution in [0.3, 0.4) is 0 Å². The number of hydrogen-bond donors (Lipinski definition) is 1. The molecule has 21 heavy (non-hydrogen) atoms. The van der Waals surface area contributed by atoms with E-state index in [0.717, 1.165) is 24.4 Å². The van der Waals surface area contributed by atoms with Gasteiger partial charge < -0.3 is 5.73 Å². The molecule has 1 aromatic carbocycles. The standard InChI is InChI=1S/C15H20ClN5/c1-2-15(5-3-4-6-15)10-21-14(18-19-20-21)11-7-12(16)9-13(17)8-11/h7-9H,2-6,10,17H2,1H3. The summed E-state index contributed by atoms with van der Waals surface area (Å²) in [6, 6.07) is 5.44. The minimum Gasteiger partial charge on any atom is -0.399 e. The highest BCUT2D eigenvalue weighted by Gasteiger charge is 2.33. The van der Waals surface area contributed by atoms with Crippen LogP contribution in [0.15, 0.2) is 18.2 Å². The third-order valence-electron chi connectivity index (χ3n) is 4.61. The number of anilines is 1. The summed E-state index contributed by atoms with van der Waals surface area (Å²) in [6.07, 6.45) is 6.26. The van der Waals surface area contributed by atoms with Crippen LogP contribution in [0.2, 0.25) is 5.02 Å². The van der Waals surface area contributed by atoms with E-state index in [1.54, 1.807) is 6.07 Å². The molecule has 5 nitrogen and oxygen atoms in total. The van der Waals surface area contributed by atoms with Crippen molar-refractivity contribution in [2.45, 2.75) is 45.6 Å². The fraction of sp³-hybridized carbons (Fsp3) is 0.533. The molecule has 1 aliphatic carbocycles. The molecule has 0 unspecified atom stereocenters. The molecule has 0 bridgehead atoms. The zero-order chi connectivity index (χ0) is 14.9. The first-order valence-corrected chi connectivity index (χ1v) is 7.82. The Labute approximate surface area is 129 Å². The lowest BCUT2D eigenvalue weighted by atomic mass is 9.83. The minimum absolute atomic E-state index is 0.328. The van der Waals surface area contributed by atoms with E-state index in [-0.39, 0.29) is 0 Å². The van der Waals surface area contributed by atoms with Gasteiger partial charge in [0.2, 0.25) is 0 Å². The number of nitrogen functional groups attached to an aromatic ring is 1. The number of nitrogens with two attached hydrogens (primary N) is 1. The van der Waals surface area contributed by atoms with E-state index in [4.69, 9.17) is 17.3 Å². The molecular formula is C15H20ClN5. The molecule has 3 rings (SSSR count). The smallest absolute Gasteiger partial charge is 0.182 e. The van der Waals surface area contributed by atoms with Crippen molar-refractivity contribution in [3.05, 3.63) is 23.2 Å². The summed E-state index contributed by atoms with van der Waals surface area (Å²) in [5, 5.41) is 12.8. The van der Waals surface area contributed by atoms with Gasteiger partial charge in [-0.25, -0.2) is 4.68 Å². The highest BCUT2D eigenvalue weighted by atomic mass is 35.5. The lowest BCUT2D eigenvalue weighted by Crippen LogP contribution is -2.24. The van der Waals surface area contributed by atoms with Gasteiger partial charge in [-0.15, -0.1) is 5.10 Å². The quantitative estimate of drug-likeness (QED) is 0.877. The molecule has 1 aliphatic rings. The predicted molar refractivity (Wildman–Crippen MR) is 83.9 cm³/mol. The molecule has 1 fully saturated rings. The van der Waals surface area contributed by atoms with Crippen LogP contribution in [0.1, 0.15) is 39.0 Å². The van der Waals surface area contributed by atoms with Crippen molar-refractivity contribution >= 4 is 17.3 Å². The van der Waals surface area contributed by atoms with Crippen molar-refractivity contribution in [3.8, 4) is 11.4 Å². The highest BCUT2D eigenvalue weighted by molar-refractivity contribution is 6.31. The maximum atomic E-state index is 6.09. The number of nitrogens with zero attached hydrogens (tertiary/aromatic N) is 4. The molecule has 0 radical (unpaired) electrons. The van der Waals surface area contributed by atoms with E-state index in [2.05, 4.69) is 22.4 Å². The zero-order valence-corrected chi connectivity index (χ0v) is 13.0. The van der Waals surface area contributed by atoms with Gasteiger partial charge in [0.05, 0.1) is 6.54 Å². The van der Waals surface area contributed by atoms with Gasteiger partial charge >= 0.3 is 0 Å². The average molecular weight is 306 g/mol. The molecule has 1 aromatic heterocycles. The molecule has 2 N–H and O–H groups in total. The van der Waals surface area contributed by atoms with E-state index in [9.17, 15) is 0 Å². The lowest BCUT2D eigenvalue weighted by molar-refractivity contribution is 0.226. The number of tetrazole rings is 1. The summed E-state index contributed by atoms with van der Waals surface area (Å²) in [5.41, 5.74) is 7.69. The first-order valence-electron chi connectivity index (χ1n) is 7.44. The van der Waals surface area contributed by atoms with Gasteiger partial charge in [0.25, 0.3) is 0 Å². The molecule has 2 aromatic rings. The molecule has 0 aliphatic heterocycles. The van der Waals surface area contributed by atoms with Gasteiger partial charge in [-0.2, -0.15) is 0 Å². The molecule has 112 valence electrons. The number of benzene rings is 1. The van der Waals surface area contributed by atoms with Crippen molar-refractivity contribution in [2.24, 2.45) is 5.41 Å². The van der Waals surface area contributed by atoms with Gasteiger partial charge in [0.1, 0.15) is 0 Å². The Hall–Kier alpha value is -1.62. The van der Waals surface area contributed by atoms with Crippen molar-refractivity contribution in [2.75, 3.05) is 5.73 Å². The molecular weight excluding hydrogens is 286 g/mol. The fourth-order valence-electron chi connectivity index (χ4n) is 3.33. The summed E-state index contributed by atoms with van der Waals surface area (Å²) in [4.78, 5) is 0. The maximum absolute atomic E-state index is 6.09. The third kappa shape index (κ3) is 2.88. The summed E-state index contributed by atoms with van der Waals surface area (Å²) in [5.74, 6) is 0.740. The van der Waals surface area contributed by atoms with Crippen LogP contribution in [0.4, 0.5) is 5.69 Å². The van der Waals surface area contributed by atoms with Gasteiger partial charge in [0, 0.05) is 16.3 Å². The van der Waals surface area contributed by atoms with Crippen LogP contribution in [0.25, 0.3) is 11.4 Å². The molecule has 0 atom stereocenters. The number of hydrogen-bond acceptors (Lipinski definition) is 4. The first kappa shape index (κ1) is 14.3. The van der Waals surface area contributed by atoms with Crippen LogP contribution >= 0.6 is 11.6 Å². The van der Waals surface area contributed by atoms with E-state index < -0.39 is 0 Å². The lowest BCUT2D eigenvalue weighted by Gasteiger charge is -2.27. The maximum Gasteiger partial charge on any atom is 0.182 e. The zero-order valence-electron chi connectivity index (χ0n) is 12.2. The Kier molecular flexibility index (Phi) is 3.85.